The van der Waals surface area contributed by atoms with Crippen LogP contribution < -0.4 is 0 Å². The molecule has 432 valence electrons. The standard InChI is InChI=1S/2C18H36O2.6C3H8O2/c2*1-2-3-4-5-6-7-8-9-10-11-12-13-14-15-16-17-18(19)20;6*1-3(5)2-4/h2*2-17H2,1H3,(H,19,20);6*3-5H,2H2,1H3. The fourth-order valence-electron chi connectivity index (χ4n) is 5.30. The monoisotopic (exact) mass is 1020 g/mol. The van der Waals surface area contributed by atoms with Gasteiger partial charge in [-0.2, -0.15) is 0 Å². The smallest absolute Gasteiger partial charge is 0.303 e. The Kier molecular flexibility index (Phi) is 99.2. The number of aliphatic hydroxyl groups is 12. The minimum Gasteiger partial charge on any atom is -0.481 e. The van der Waals surface area contributed by atoms with Gasteiger partial charge in [0.25, 0.3) is 0 Å². The van der Waals surface area contributed by atoms with Crippen LogP contribution in [0.2, 0.25) is 0 Å². The highest BCUT2D eigenvalue weighted by Gasteiger charge is 1.99. The van der Waals surface area contributed by atoms with Crippen LogP contribution in [0.5, 0.6) is 0 Å². The average molecular weight is 1030 g/mol. The van der Waals surface area contributed by atoms with Crippen molar-refractivity contribution in [1.29, 1.82) is 0 Å². The maximum Gasteiger partial charge on any atom is 0.303 e. The summed E-state index contributed by atoms with van der Waals surface area (Å²) in [7, 11) is 0. The van der Waals surface area contributed by atoms with Crippen molar-refractivity contribution in [2.75, 3.05) is 39.6 Å². The molecule has 6 atom stereocenters. The molecule has 0 aliphatic heterocycles. The van der Waals surface area contributed by atoms with Gasteiger partial charge >= 0.3 is 11.9 Å². The van der Waals surface area contributed by atoms with Gasteiger partial charge in [-0.15, -0.1) is 0 Å². The van der Waals surface area contributed by atoms with Crippen molar-refractivity contribution < 1.29 is 81.1 Å². The lowest BCUT2D eigenvalue weighted by Gasteiger charge is -2.03. The Bertz CT molecular complexity index is 756. The number of carbonyl (C=O) groups is 2. The maximum absolute atomic E-state index is 10.3. The third-order valence-electron chi connectivity index (χ3n) is 9.57. The van der Waals surface area contributed by atoms with Crippen LogP contribution in [0.25, 0.3) is 0 Å². The minimum absolute atomic E-state index is 0.139. The number of carboxylic acid groups (broad SMARTS) is 2. The van der Waals surface area contributed by atoms with Crippen LogP contribution in [-0.2, 0) is 9.59 Å². The zero-order valence-corrected chi connectivity index (χ0v) is 46.4. The van der Waals surface area contributed by atoms with Crippen molar-refractivity contribution in [3.05, 3.63) is 0 Å². The predicted molar refractivity (Wildman–Crippen MR) is 287 cm³/mol. The van der Waals surface area contributed by atoms with Crippen molar-refractivity contribution in [2.45, 2.75) is 297 Å². The Morgan fingerprint density at radius 1 is 0.257 bits per heavy atom. The normalized spacial score (nSPS) is 12.6. The van der Waals surface area contributed by atoms with Crippen molar-refractivity contribution in [2.24, 2.45) is 0 Å². The molecule has 0 bridgehead atoms. The first-order valence-electron chi connectivity index (χ1n) is 27.3. The van der Waals surface area contributed by atoms with Crippen molar-refractivity contribution in [3.8, 4) is 0 Å². The molecule has 0 saturated carbocycles. The molecule has 0 radical (unpaired) electrons. The summed E-state index contributed by atoms with van der Waals surface area (Å²) in [5, 5.41) is 113. The van der Waals surface area contributed by atoms with Gasteiger partial charge in [0, 0.05) is 12.8 Å². The summed E-state index contributed by atoms with van der Waals surface area (Å²) in [5.74, 6) is -1.31. The lowest BCUT2D eigenvalue weighted by Crippen LogP contribution is -2.03. The summed E-state index contributed by atoms with van der Waals surface area (Å²) in [6.07, 6.45) is 37.0. The van der Waals surface area contributed by atoms with E-state index in [9.17, 15) is 9.59 Å². The molecular weight excluding hydrogens is 905 g/mol. The molecule has 0 fully saturated rings. The van der Waals surface area contributed by atoms with E-state index in [0.717, 1.165) is 25.7 Å². The first kappa shape index (κ1) is 85.2. The predicted octanol–water partition coefficient (Wildman–Crippen LogP) is 8.82. The number of hydrogen-bond acceptors (Lipinski definition) is 14. The topological polar surface area (TPSA) is 317 Å². The zero-order valence-electron chi connectivity index (χ0n) is 46.4. The van der Waals surface area contributed by atoms with Crippen LogP contribution in [0.4, 0.5) is 0 Å². The van der Waals surface area contributed by atoms with Gasteiger partial charge in [-0.25, -0.2) is 0 Å². The molecule has 70 heavy (non-hydrogen) atoms. The number of hydrogen-bond donors (Lipinski definition) is 14. The van der Waals surface area contributed by atoms with E-state index in [1.54, 1.807) is 0 Å². The third-order valence-corrected chi connectivity index (χ3v) is 9.57. The lowest BCUT2D eigenvalue weighted by atomic mass is 10.0. The van der Waals surface area contributed by atoms with Gasteiger partial charge in [0.05, 0.1) is 76.3 Å². The van der Waals surface area contributed by atoms with Gasteiger partial charge in [-0.3, -0.25) is 9.59 Å². The summed E-state index contributed by atoms with van der Waals surface area (Å²) < 4.78 is 0. The number of aliphatic hydroxyl groups excluding tert-OH is 12. The van der Waals surface area contributed by atoms with Crippen LogP contribution in [-0.4, -0.2) is 160 Å². The Morgan fingerprint density at radius 2 is 0.357 bits per heavy atom. The number of rotatable bonds is 38. The molecule has 0 rings (SSSR count). The van der Waals surface area contributed by atoms with E-state index in [4.69, 9.17) is 71.5 Å². The van der Waals surface area contributed by atoms with Gasteiger partial charge in [0.1, 0.15) is 0 Å². The largest absolute Gasteiger partial charge is 0.481 e. The van der Waals surface area contributed by atoms with Crippen molar-refractivity contribution in [1.82, 2.24) is 0 Å². The van der Waals surface area contributed by atoms with Gasteiger partial charge in [-0.05, 0) is 54.4 Å². The minimum atomic E-state index is -0.653. The Morgan fingerprint density at radius 3 is 0.443 bits per heavy atom. The molecule has 0 saturated heterocycles. The van der Waals surface area contributed by atoms with E-state index in [-0.39, 0.29) is 39.6 Å². The Labute approximate surface area is 429 Å². The molecule has 0 amide bonds. The highest BCUT2D eigenvalue weighted by Crippen LogP contribution is 2.15. The second-order valence-electron chi connectivity index (χ2n) is 18.4. The van der Waals surface area contributed by atoms with E-state index < -0.39 is 48.6 Å². The first-order chi connectivity index (χ1) is 33.2. The first-order valence-corrected chi connectivity index (χ1v) is 27.3. The number of carboxylic acids is 2. The molecule has 0 aromatic heterocycles. The number of unbranched alkanes of at least 4 members (excludes halogenated alkanes) is 28. The summed E-state index contributed by atoms with van der Waals surface area (Å²) in [6, 6.07) is 0. The Balaban J connectivity index is -0.000000117. The van der Waals surface area contributed by atoms with Gasteiger partial charge in [-0.1, -0.05) is 194 Å². The van der Waals surface area contributed by atoms with Crippen LogP contribution in [0, 0.1) is 0 Å². The summed E-state index contributed by atoms with van der Waals surface area (Å²) >= 11 is 0. The van der Waals surface area contributed by atoms with E-state index in [1.807, 2.05) is 0 Å². The summed E-state index contributed by atoms with van der Waals surface area (Å²) in [4.78, 5) is 20.7. The van der Waals surface area contributed by atoms with Crippen LogP contribution in [0.3, 0.4) is 0 Å². The molecule has 16 nitrogen and oxygen atoms in total. The van der Waals surface area contributed by atoms with Crippen LogP contribution in [0.1, 0.15) is 261 Å². The molecule has 16 heteroatoms. The van der Waals surface area contributed by atoms with E-state index in [0.29, 0.717) is 12.8 Å². The molecule has 14 N–H and O–H groups in total. The lowest BCUT2D eigenvalue weighted by molar-refractivity contribution is -0.138. The zero-order chi connectivity index (χ0) is 55.5. The summed E-state index contributed by atoms with van der Waals surface area (Å²) in [6.45, 7) is 12.9. The molecule has 0 aromatic rings. The van der Waals surface area contributed by atoms with Gasteiger partial charge < -0.3 is 71.5 Å². The van der Waals surface area contributed by atoms with E-state index in [1.165, 1.54) is 208 Å². The second-order valence-corrected chi connectivity index (χ2v) is 18.4. The molecule has 0 aliphatic carbocycles. The van der Waals surface area contributed by atoms with Gasteiger partial charge in [0.15, 0.2) is 0 Å². The fraction of sp³-hybridized carbons (Fsp3) is 0.963. The van der Waals surface area contributed by atoms with Gasteiger partial charge in [0.2, 0.25) is 0 Å². The number of aliphatic carboxylic acids is 2. The highest BCUT2D eigenvalue weighted by molar-refractivity contribution is 5.66. The average Bonchev–Trinajstić information content (AvgIpc) is 3.32. The molecule has 0 aromatic carbocycles. The molecule has 0 aliphatic rings. The van der Waals surface area contributed by atoms with E-state index >= 15 is 0 Å². The highest BCUT2D eigenvalue weighted by atomic mass is 16.4. The SMILES string of the molecule is CC(O)CO.CC(O)CO.CC(O)CO.CC(O)CO.CC(O)CO.CC(O)CO.CCCCCCCCCCCCCCCCCC(=O)O.CCCCCCCCCCCCCCCCCC(=O)O. The van der Waals surface area contributed by atoms with E-state index in [2.05, 4.69) is 13.8 Å². The summed E-state index contributed by atoms with van der Waals surface area (Å²) in [5.41, 5.74) is 0. The molecular formula is C54H120O16. The molecule has 6 unspecified atom stereocenters. The van der Waals surface area contributed by atoms with Crippen molar-refractivity contribution >= 4 is 11.9 Å². The van der Waals surface area contributed by atoms with Crippen LogP contribution in [0.15, 0.2) is 0 Å². The molecule has 0 spiro atoms. The maximum atomic E-state index is 10.3. The quantitative estimate of drug-likeness (QED) is 0.0257. The second kappa shape index (κ2) is 81.5. The third kappa shape index (κ3) is 144. The fourth-order valence-corrected chi connectivity index (χ4v) is 5.30. The Hall–Kier alpha value is -1.54. The molecule has 0 heterocycles. The van der Waals surface area contributed by atoms with Crippen LogP contribution >= 0.6 is 0 Å². The van der Waals surface area contributed by atoms with Crippen molar-refractivity contribution in [3.63, 3.8) is 0 Å².